The Bertz CT molecular complexity index is 1180. The molecule has 1 aliphatic heterocycles. The predicted molar refractivity (Wildman–Crippen MR) is 135 cm³/mol. The van der Waals surface area contributed by atoms with Crippen LogP contribution in [0.15, 0.2) is 54.6 Å². The molecule has 1 fully saturated rings. The van der Waals surface area contributed by atoms with Crippen LogP contribution in [0.1, 0.15) is 42.8 Å². The molecule has 0 aliphatic carbocycles. The zero-order valence-corrected chi connectivity index (χ0v) is 20.5. The molecule has 2 unspecified atom stereocenters. The molecule has 2 heterocycles. The van der Waals surface area contributed by atoms with Crippen molar-refractivity contribution in [2.24, 2.45) is 0 Å². The first kappa shape index (κ1) is 24.0. The Labute approximate surface area is 205 Å². The number of likely N-dealkylation sites (tertiary alicyclic amines) is 1. The lowest BCUT2D eigenvalue weighted by atomic mass is 10.1. The minimum Gasteiger partial charge on any atom is -0.325 e. The van der Waals surface area contributed by atoms with Gasteiger partial charge in [0.15, 0.2) is 0 Å². The van der Waals surface area contributed by atoms with Gasteiger partial charge in [-0.3, -0.25) is 19.2 Å². The molecular weight excluding hydrogens is 450 g/mol. The fourth-order valence-corrected chi connectivity index (χ4v) is 4.66. The summed E-state index contributed by atoms with van der Waals surface area (Å²) in [5, 5.41) is 10.6. The van der Waals surface area contributed by atoms with Crippen LogP contribution in [0.5, 0.6) is 0 Å². The number of benzene rings is 2. The molecule has 0 radical (unpaired) electrons. The molecule has 4 rings (SSSR count). The van der Waals surface area contributed by atoms with E-state index in [1.807, 2.05) is 38.1 Å². The lowest BCUT2D eigenvalue weighted by Gasteiger charge is -2.24. The number of aryl methyl sites for hydroxylation is 2. The third-order valence-corrected chi connectivity index (χ3v) is 6.49. The summed E-state index contributed by atoms with van der Waals surface area (Å²) in [5.41, 5.74) is 4.06. The van der Waals surface area contributed by atoms with Crippen molar-refractivity contribution in [3.05, 3.63) is 76.6 Å². The van der Waals surface area contributed by atoms with Gasteiger partial charge in [0.1, 0.15) is 6.04 Å². The van der Waals surface area contributed by atoms with Crippen molar-refractivity contribution in [2.45, 2.75) is 52.2 Å². The summed E-state index contributed by atoms with van der Waals surface area (Å²) in [6.45, 7) is 7.24. The highest BCUT2D eigenvalue weighted by molar-refractivity contribution is 6.34. The standard InChI is InChI=1S/C26H30ClN5O2/c1-17-14-18(2)32(30-17)19(3)25(33)29-23-12-11-21(15-22(23)27)28-26(34)24-10-7-13-31(24)16-20-8-5-4-6-9-20/h4-6,8-9,11-12,14-15,19,24H,7,10,13,16H2,1-3H3,(H,28,34)(H,29,33). The summed E-state index contributed by atoms with van der Waals surface area (Å²) in [4.78, 5) is 27.9. The second-order valence-corrected chi connectivity index (χ2v) is 9.24. The largest absolute Gasteiger partial charge is 0.325 e. The summed E-state index contributed by atoms with van der Waals surface area (Å²) >= 11 is 6.44. The maximum atomic E-state index is 13.0. The van der Waals surface area contributed by atoms with Crippen LogP contribution in [-0.4, -0.2) is 39.1 Å². The highest BCUT2D eigenvalue weighted by Crippen LogP contribution is 2.28. The van der Waals surface area contributed by atoms with Crippen molar-refractivity contribution < 1.29 is 9.59 Å². The van der Waals surface area contributed by atoms with Gasteiger partial charge in [-0.05, 0) is 70.0 Å². The Kier molecular flexibility index (Phi) is 7.34. The molecule has 34 heavy (non-hydrogen) atoms. The topological polar surface area (TPSA) is 79.3 Å². The summed E-state index contributed by atoms with van der Waals surface area (Å²) < 4.78 is 1.69. The number of carbonyl (C=O) groups is 2. The molecule has 0 saturated carbocycles. The third-order valence-electron chi connectivity index (χ3n) is 6.18. The summed E-state index contributed by atoms with van der Waals surface area (Å²) in [5.74, 6) is -0.258. The number of rotatable bonds is 7. The Balaban J connectivity index is 1.38. The van der Waals surface area contributed by atoms with Gasteiger partial charge in [-0.2, -0.15) is 5.10 Å². The predicted octanol–water partition coefficient (Wildman–Crippen LogP) is 4.96. The van der Waals surface area contributed by atoms with E-state index >= 15 is 0 Å². The van der Waals surface area contributed by atoms with Crippen LogP contribution in [0.4, 0.5) is 11.4 Å². The normalized spacial score (nSPS) is 16.9. The molecule has 178 valence electrons. The van der Waals surface area contributed by atoms with Crippen molar-refractivity contribution in [3.8, 4) is 0 Å². The summed E-state index contributed by atoms with van der Waals surface area (Å²) in [6, 6.07) is 16.6. The van der Waals surface area contributed by atoms with E-state index in [-0.39, 0.29) is 17.9 Å². The van der Waals surface area contributed by atoms with Crippen LogP contribution in [0.25, 0.3) is 0 Å². The van der Waals surface area contributed by atoms with Crippen molar-refractivity contribution in [1.82, 2.24) is 14.7 Å². The zero-order valence-electron chi connectivity index (χ0n) is 19.7. The van der Waals surface area contributed by atoms with Gasteiger partial charge in [-0.15, -0.1) is 0 Å². The van der Waals surface area contributed by atoms with Crippen LogP contribution in [0, 0.1) is 13.8 Å². The number of halogens is 1. The molecule has 1 aliphatic rings. The molecule has 1 saturated heterocycles. The lowest BCUT2D eigenvalue weighted by Crippen LogP contribution is -2.39. The van der Waals surface area contributed by atoms with E-state index in [0.717, 1.165) is 37.3 Å². The maximum absolute atomic E-state index is 13.0. The van der Waals surface area contributed by atoms with E-state index in [0.29, 0.717) is 16.4 Å². The molecule has 3 aromatic rings. The summed E-state index contributed by atoms with van der Waals surface area (Å²) in [7, 11) is 0. The van der Waals surface area contributed by atoms with Gasteiger partial charge < -0.3 is 10.6 Å². The number of amides is 2. The van der Waals surface area contributed by atoms with Gasteiger partial charge in [0.2, 0.25) is 11.8 Å². The monoisotopic (exact) mass is 479 g/mol. The number of anilines is 2. The number of carbonyl (C=O) groups excluding carboxylic acids is 2. The van der Waals surface area contributed by atoms with E-state index in [1.54, 1.807) is 29.8 Å². The van der Waals surface area contributed by atoms with Crippen LogP contribution in [-0.2, 0) is 16.1 Å². The fraction of sp³-hybridized carbons (Fsp3) is 0.346. The molecule has 8 heteroatoms. The molecule has 2 amide bonds. The number of nitrogens with zero attached hydrogens (tertiary/aromatic N) is 3. The average Bonchev–Trinajstić information content (AvgIpc) is 3.41. The zero-order chi connectivity index (χ0) is 24.2. The molecule has 2 atom stereocenters. The van der Waals surface area contributed by atoms with E-state index < -0.39 is 6.04 Å². The lowest BCUT2D eigenvalue weighted by molar-refractivity contribution is -0.120. The fourth-order valence-electron chi connectivity index (χ4n) is 4.44. The van der Waals surface area contributed by atoms with E-state index in [1.165, 1.54) is 5.56 Å². The first-order valence-electron chi connectivity index (χ1n) is 11.5. The Morgan fingerprint density at radius 1 is 1.12 bits per heavy atom. The van der Waals surface area contributed by atoms with E-state index in [4.69, 9.17) is 11.6 Å². The third kappa shape index (κ3) is 5.48. The molecule has 0 bridgehead atoms. The SMILES string of the molecule is Cc1cc(C)n(C(C)C(=O)Nc2ccc(NC(=O)C3CCCN3Cc3ccccc3)cc2Cl)n1. The molecular formula is C26H30ClN5O2. The Hall–Kier alpha value is -3.16. The van der Waals surface area contributed by atoms with Crippen LogP contribution in [0.3, 0.4) is 0 Å². The second-order valence-electron chi connectivity index (χ2n) is 8.83. The highest BCUT2D eigenvalue weighted by Gasteiger charge is 2.30. The number of nitrogens with one attached hydrogen (secondary N) is 2. The van der Waals surface area contributed by atoms with Crippen LogP contribution < -0.4 is 10.6 Å². The smallest absolute Gasteiger partial charge is 0.248 e. The maximum Gasteiger partial charge on any atom is 0.248 e. The van der Waals surface area contributed by atoms with Gasteiger partial charge in [0.25, 0.3) is 0 Å². The summed E-state index contributed by atoms with van der Waals surface area (Å²) in [6.07, 6.45) is 1.81. The first-order chi connectivity index (χ1) is 16.3. The Morgan fingerprint density at radius 3 is 2.56 bits per heavy atom. The average molecular weight is 480 g/mol. The van der Waals surface area contributed by atoms with Crippen molar-refractivity contribution in [2.75, 3.05) is 17.2 Å². The first-order valence-corrected chi connectivity index (χ1v) is 11.9. The molecule has 7 nitrogen and oxygen atoms in total. The minimum absolute atomic E-state index is 0.0422. The van der Waals surface area contributed by atoms with Crippen LogP contribution >= 0.6 is 11.6 Å². The second kappa shape index (κ2) is 10.4. The number of hydrogen-bond donors (Lipinski definition) is 2. The Morgan fingerprint density at radius 2 is 1.88 bits per heavy atom. The van der Waals surface area contributed by atoms with Gasteiger partial charge >= 0.3 is 0 Å². The number of hydrogen-bond acceptors (Lipinski definition) is 4. The van der Waals surface area contributed by atoms with Crippen LogP contribution in [0.2, 0.25) is 5.02 Å². The van der Waals surface area contributed by atoms with Crippen molar-refractivity contribution in [1.29, 1.82) is 0 Å². The minimum atomic E-state index is -0.484. The number of aromatic nitrogens is 2. The molecule has 2 aromatic carbocycles. The van der Waals surface area contributed by atoms with Crippen molar-refractivity contribution >= 4 is 34.8 Å². The highest BCUT2D eigenvalue weighted by atomic mass is 35.5. The van der Waals surface area contributed by atoms with Gasteiger partial charge in [0, 0.05) is 17.9 Å². The molecule has 1 aromatic heterocycles. The molecule has 0 spiro atoms. The van der Waals surface area contributed by atoms with Gasteiger partial charge in [-0.1, -0.05) is 41.9 Å². The van der Waals surface area contributed by atoms with E-state index in [9.17, 15) is 9.59 Å². The van der Waals surface area contributed by atoms with Crippen molar-refractivity contribution in [3.63, 3.8) is 0 Å². The van der Waals surface area contributed by atoms with E-state index in [2.05, 4.69) is 32.8 Å². The van der Waals surface area contributed by atoms with Gasteiger partial charge in [-0.25, -0.2) is 0 Å². The quantitative estimate of drug-likeness (QED) is 0.502. The van der Waals surface area contributed by atoms with Gasteiger partial charge in [0.05, 0.1) is 22.4 Å². The molecule has 2 N–H and O–H groups in total.